The van der Waals surface area contributed by atoms with Crippen molar-refractivity contribution in [2.75, 3.05) is 0 Å². The van der Waals surface area contributed by atoms with Crippen LogP contribution in [-0.4, -0.2) is 18.9 Å². The van der Waals surface area contributed by atoms with E-state index >= 15 is 0 Å². The van der Waals surface area contributed by atoms with Crippen molar-refractivity contribution in [3.8, 4) is 5.69 Å². The predicted molar refractivity (Wildman–Crippen MR) is 133 cm³/mol. The van der Waals surface area contributed by atoms with E-state index in [1.807, 2.05) is 56.3 Å². The molecule has 0 atom stereocenters. The van der Waals surface area contributed by atoms with Gasteiger partial charge in [0.2, 0.25) is 0 Å². The van der Waals surface area contributed by atoms with Crippen LogP contribution in [0.25, 0.3) is 22.2 Å². The monoisotopic (exact) mass is 474 g/mol. The summed E-state index contributed by atoms with van der Waals surface area (Å²) in [4.78, 5) is 35.5. The Bertz CT molecular complexity index is 1660. The van der Waals surface area contributed by atoms with Crippen LogP contribution in [0.15, 0.2) is 81.6 Å². The highest BCUT2D eigenvalue weighted by molar-refractivity contribution is 7.98. The average molecular weight is 475 g/mol. The Kier molecular flexibility index (Phi) is 5.52. The van der Waals surface area contributed by atoms with Crippen molar-refractivity contribution in [2.24, 2.45) is 0 Å². The van der Waals surface area contributed by atoms with Crippen molar-refractivity contribution in [1.29, 1.82) is 0 Å². The van der Waals surface area contributed by atoms with Crippen LogP contribution in [0.5, 0.6) is 0 Å². The van der Waals surface area contributed by atoms with Crippen LogP contribution in [0.1, 0.15) is 16.8 Å². The normalized spacial score (nSPS) is 11.4. The number of para-hydroxylation sites is 1. The van der Waals surface area contributed by atoms with Gasteiger partial charge in [0, 0.05) is 23.0 Å². The molecule has 5 aromatic rings. The summed E-state index contributed by atoms with van der Waals surface area (Å²) >= 11 is 7.71. The highest BCUT2D eigenvalue weighted by atomic mass is 35.5. The molecule has 0 radical (unpaired) electrons. The van der Waals surface area contributed by atoms with E-state index in [2.05, 4.69) is 4.98 Å². The fourth-order valence-electron chi connectivity index (χ4n) is 3.73. The Morgan fingerprint density at radius 1 is 0.970 bits per heavy atom. The number of hydrogen-bond donors (Lipinski definition) is 0. The molecule has 0 fully saturated rings. The smallest absolute Gasteiger partial charge is 0.266 e. The largest absolute Gasteiger partial charge is 0.269 e. The molecule has 0 bridgehead atoms. The third-order valence-corrected chi connectivity index (χ3v) is 6.82. The highest BCUT2D eigenvalue weighted by Crippen LogP contribution is 2.28. The third-order valence-electron chi connectivity index (χ3n) is 5.43. The molecule has 6 nitrogen and oxygen atoms in total. The molecule has 33 heavy (non-hydrogen) atoms. The average Bonchev–Trinajstić information content (AvgIpc) is 2.81. The minimum absolute atomic E-state index is 0.145. The van der Waals surface area contributed by atoms with E-state index in [0.717, 1.165) is 11.1 Å². The van der Waals surface area contributed by atoms with Crippen LogP contribution in [0.2, 0.25) is 5.02 Å². The number of thioether (sulfide) groups is 1. The minimum atomic E-state index is -0.171. The summed E-state index contributed by atoms with van der Waals surface area (Å²) in [6.07, 6.45) is 1.77. The van der Waals surface area contributed by atoms with Gasteiger partial charge in [-0.05, 0) is 55.3 Å². The van der Waals surface area contributed by atoms with Gasteiger partial charge in [-0.25, -0.2) is 9.97 Å². The Morgan fingerprint density at radius 3 is 2.64 bits per heavy atom. The standard InChI is InChI=1S/C25H19ClN4O2S/c1-15-10-11-22-27-17(12-23(31)29(22)13-15)14-33-25-28-20-8-4-3-6-18(20)24(32)30(25)21-9-5-7-19(26)16(21)2/h3-13H,14H2,1-2H3. The van der Waals surface area contributed by atoms with Crippen LogP contribution in [0, 0.1) is 13.8 Å². The van der Waals surface area contributed by atoms with Gasteiger partial charge in [0.25, 0.3) is 11.1 Å². The molecule has 0 aliphatic carbocycles. The molecule has 0 saturated carbocycles. The zero-order chi connectivity index (χ0) is 23.1. The van der Waals surface area contributed by atoms with Crippen molar-refractivity contribution < 1.29 is 0 Å². The molecule has 0 aliphatic heterocycles. The van der Waals surface area contributed by atoms with Gasteiger partial charge >= 0.3 is 0 Å². The number of halogens is 1. The first-order valence-electron chi connectivity index (χ1n) is 10.3. The molecule has 0 aliphatic rings. The van der Waals surface area contributed by atoms with Gasteiger partial charge in [-0.1, -0.05) is 47.6 Å². The maximum atomic E-state index is 13.5. The van der Waals surface area contributed by atoms with Gasteiger partial charge in [0.05, 0.1) is 22.3 Å². The molecule has 0 amide bonds. The van der Waals surface area contributed by atoms with E-state index in [-0.39, 0.29) is 11.1 Å². The van der Waals surface area contributed by atoms with Gasteiger partial charge < -0.3 is 0 Å². The van der Waals surface area contributed by atoms with E-state index in [0.29, 0.717) is 43.9 Å². The fourth-order valence-corrected chi connectivity index (χ4v) is 4.80. The minimum Gasteiger partial charge on any atom is -0.269 e. The van der Waals surface area contributed by atoms with Crippen molar-refractivity contribution >= 4 is 39.9 Å². The van der Waals surface area contributed by atoms with Crippen LogP contribution in [0.3, 0.4) is 0 Å². The van der Waals surface area contributed by atoms with Gasteiger partial charge in [-0.3, -0.25) is 18.6 Å². The van der Waals surface area contributed by atoms with Crippen LogP contribution in [0.4, 0.5) is 0 Å². The van der Waals surface area contributed by atoms with E-state index in [9.17, 15) is 9.59 Å². The number of hydrogen-bond acceptors (Lipinski definition) is 5. The number of aromatic nitrogens is 4. The van der Waals surface area contributed by atoms with Crippen LogP contribution in [-0.2, 0) is 5.75 Å². The van der Waals surface area contributed by atoms with E-state index in [4.69, 9.17) is 16.6 Å². The van der Waals surface area contributed by atoms with Crippen LogP contribution >= 0.6 is 23.4 Å². The van der Waals surface area contributed by atoms with Gasteiger partial charge in [0.1, 0.15) is 5.65 Å². The second kappa shape index (κ2) is 8.50. The summed E-state index contributed by atoms with van der Waals surface area (Å²) in [6, 6.07) is 18.0. The second-order valence-corrected chi connectivity index (χ2v) is 9.09. The Hall–Kier alpha value is -3.42. The zero-order valence-electron chi connectivity index (χ0n) is 17.9. The van der Waals surface area contributed by atoms with Gasteiger partial charge in [0.15, 0.2) is 5.16 Å². The number of rotatable bonds is 4. The fraction of sp³-hybridized carbons (Fsp3) is 0.120. The summed E-state index contributed by atoms with van der Waals surface area (Å²) in [5.74, 6) is 0.379. The third kappa shape index (κ3) is 3.94. The quantitative estimate of drug-likeness (QED) is 0.272. The number of fused-ring (bicyclic) bond motifs is 2. The topological polar surface area (TPSA) is 69.3 Å². The first-order valence-corrected chi connectivity index (χ1v) is 11.7. The number of aryl methyl sites for hydroxylation is 1. The molecule has 5 rings (SSSR count). The van der Waals surface area contributed by atoms with E-state index in [1.165, 1.54) is 22.2 Å². The molecule has 2 aromatic carbocycles. The molecule has 164 valence electrons. The van der Waals surface area contributed by atoms with E-state index in [1.54, 1.807) is 22.9 Å². The summed E-state index contributed by atoms with van der Waals surface area (Å²) in [7, 11) is 0. The lowest BCUT2D eigenvalue weighted by Crippen LogP contribution is -2.22. The molecule has 0 unspecified atom stereocenters. The maximum Gasteiger partial charge on any atom is 0.266 e. The number of nitrogens with zero attached hydrogens (tertiary/aromatic N) is 4. The van der Waals surface area contributed by atoms with Crippen LogP contribution < -0.4 is 11.1 Å². The SMILES string of the molecule is Cc1ccc2nc(CSc3nc4ccccc4c(=O)n3-c3cccc(Cl)c3C)cc(=O)n2c1. The molecule has 8 heteroatoms. The molecule has 3 heterocycles. The number of benzene rings is 2. The Balaban J connectivity index is 1.63. The zero-order valence-corrected chi connectivity index (χ0v) is 19.5. The molecule has 0 N–H and O–H groups in total. The summed E-state index contributed by atoms with van der Waals surface area (Å²) < 4.78 is 3.12. The summed E-state index contributed by atoms with van der Waals surface area (Å²) in [6.45, 7) is 3.81. The van der Waals surface area contributed by atoms with Gasteiger partial charge in [-0.2, -0.15) is 0 Å². The molecular weight excluding hydrogens is 456 g/mol. The van der Waals surface area contributed by atoms with Gasteiger partial charge in [-0.15, -0.1) is 0 Å². The lowest BCUT2D eigenvalue weighted by molar-refractivity contribution is 0.814. The predicted octanol–water partition coefficient (Wildman–Crippen LogP) is 4.96. The lowest BCUT2D eigenvalue weighted by Gasteiger charge is -2.15. The number of pyridine rings is 1. The first-order chi connectivity index (χ1) is 15.9. The first kappa shape index (κ1) is 21.4. The van der Waals surface area contributed by atoms with E-state index < -0.39 is 0 Å². The second-order valence-electron chi connectivity index (χ2n) is 7.75. The van der Waals surface area contributed by atoms with Crippen molar-refractivity contribution in [3.63, 3.8) is 0 Å². The molecule has 3 aromatic heterocycles. The molecule has 0 saturated heterocycles. The summed E-state index contributed by atoms with van der Waals surface area (Å²) in [5.41, 5.74) is 3.94. The Labute approximate surface area is 198 Å². The Morgan fingerprint density at radius 2 is 1.79 bits per heavy atom. The highest BCUT2D eigenvalue weighted by Gasteiger charge is 2.16. The lowest BCUT2D eigenvalue weighted by atomic mass is 10.2. The molecule has 0 spiro atoms. The van der Waals surface area contributed by atoms with Crippen molar-refractivity contribution in [3.05, 3.63) is 109 Å². The molecular formula is C25H19ClN4O2S. The van der Waals surface area contributed by atoms with Crippen molar-refractivity contribution in [1.82, 2.24) is 18.9 Å². The van der Waals surface area contributed by atoms with Crippen molar-refractivity contribution in [2.45, 2.75) is 24.8 Å². The maximum absolute atomic E-state index is 13.5. The summed E-state index contributed by atoms with van der Waals surface area (Å²) in [5, 5.41) is 1.61.